The van der Waals surface area contributed by atoms with Crippen molar-refractivity contribution in [3.8, 4) is 11.4 Å². The molecule has 2 aromatic heterocycles. The summed E-state index contributed by atoms with van der Waals surface area (Å²) < 4.78 is 21.1. The molecule has 0 saturated heterocycles. The van der Waals surface area contributed by atoms with Gasteiger partial charge in [-0.2, -0.15) is 0 Å². The lowest BCUT2D eigenvalue weighted by Gasteiger charge is -2.22. The number of esters is 1. The number of halogens is 1. The van der Waals surface area contributed by atoms with E-state index in [9.17, 15) is 33.8 Å². The number of carbonyl (C=O) groups excluding carboxylic acids is 3. The number of ether oxygens (including phenoxy) is 1. The molecule has 50 heavy (non-hydrogen) atoms. The number of cyclic esters (lactones) is 1. The third-order valence-corrected chi connectivity index (χ3v) is 8.65. The number of fused-ring (bicyclic) bond motifs is 5. The Morgan fingerprint density at radius 1 is 1.22 bits per heavy atom. The maximum atomic E-state index is 14.5. The van der Waals surface area contributed by atoms with Gasteiger partial charge in [-0.05, 0) is 62.3 Å². The standard InChI is InChI=1S/C22H17FN2O4.C13H21N3O3.C2H6/c1-9-10-3-2-4-11-13-7-25-17(19(13)24-16(18(10)11)6-15(9)23)5-12-14(21(25)27)8-29-22(28)20(12)26;1-4-6-11(7-15-5-2)13(19)16(8-10(3)17)9-12(14)18;1-2/h5-6,20,26H,2-4,7-8H2,1H3;5-7,10,17H,2,4,8-9H2,1,3H3,(H2,14,18);1-2H3/b;11-6+,15-7?;. The minimum absolute atomic E-state index is 0.0325. The first kappa shape index (κ1) is 37.8. The number of rotatable bonds is 8. The van der Waals surface area contributed by atoms with E-state index in [1.807, 2.05) is 20.8 Å². The topological polar surface area (TPSA) is 177 Å². The molecular formula is C37H44FN5O7. The van der Waals surface area contributed by atoms with E-state index < -0.39 is 30.0 Å². The van der Waals surface area contributed by atoms with Gasteiger partial charge in [-0.3, -0.25) is 19.4 Å². The van der Waals surface area contributed by atoms with Crippen LogP contribution in [0.5, 0.6) is 0 Å². The zero-order chi connectivity index (χ0) is 36.9. The number of amides is 2. The van der Waals surface area contributed by atoms with Crippen LogP contribution in [-0.2, 0) is 45.1 Å². The molecule has 0 bridgehead atoms. The number of carbonyl (C=O) groups is 3. The monoisotopic (exact) mass is 689 g/mol. The highest BCUT2D eigenvalue weighted by Gasteiger charge is 2.35. The molecule has 12 nitrogen and oxygen atoms in total. The minimum Gasteiger partial charge on any atom is -0.458 e. The molecule has 3 aromatic rings. The normalized spacial score (nSPS) is 16.2. The van der Waals surface area contributed by atoms with Gasteiger partial charge in [-0.1, -0.05) is 33.4 Å². The number of pyridine rings is 2. The predicted molar refractivity (Wildman–Crippen MR) is 188 cm³/mol. The molecular weight excluding hydrogens is 645 g/mol. The Morgan fingerprint density at radius 3 is 2.56 bits per heavy atom. The summed E-state index contributed by atoms with van der Waals surface area (Å²) in [4.78, 5) is 57.8. The molecule has 266 valence electrons. The minimum atomic E-state index is -1.48. The highest BCUT2D eigenvalue weighted by Crippen LogP contribution is 2.42. The molecule has 1 aliphatic carbocycles. The van der Waals surface area contributed by atoms with E-state index in [0.29, 0.717) is 46.6 Å². The van der Waals surface area contributed by atoms with E-state index in [1.54, 1.807) is 23.6 Å². The van der Waals surface area contributed by atoms with Gasteiger partial charge >= 0.3 is 5.97 Å². The number of benzene rings is 1. The molecule has 2 aliphatic heterocycles. The molecule has 2 atom stereocenters. The summed E-state index contributed by atoms with van der Waals surface area (Å²) in [6.07, 6.45) is 5.38. The second-order valence-corrected chi connectivity index (χ2v) is 12.0. The van der Waals surface area contributed by atoms with Crippen LogP contribution in [0.15, 0.2) is 46.3 Å². The van der Waals surface area contributed by atoms with Gasteiger partial charge in [-0.25, -0.2) is 14.2 Å². The number of primary amides is 1. The van der Waals surface area contributed by atoms with Crippen molar-refractivity contribution in [1.29, 1.82) is 0 Å². The number of nitrogens with zero attached hydrogens (tertiary/aromatic N) is 4. The Labute approximate surface area is 289 Å². The highest BCUT2D eigenvalue weighted by atomic mass is 19.1. The smallest absolute Gasteiger partial charge is 0.340 e. The molecule has 0 saturated carbocycles. The van der Waals surface area contributed by atoms with E-state index >= 15 is 0 Å². The molecule has 2 unspecified atom stereocenters. The summed E-state index contributed by atoms with van der Waals surface area (Å²) in [6.45, 7) is 12.7. The largest absolute Gasteiger partial charge is 0.458 e. The van der Waals surface area contributed by atoms with Gasteiger partial charge in [0.1, 0.15) is 12.4 Å². The van der Waals surface area contributed by atoms with Crippen molar-refractivity contribution in [2.75, 3.05) is 13.1 Å². The van der Waals surface area contributed by atoms with E-state index in [4.69, 9.17) is 15.5 Å². The first-order chi connectivity index (χ1) is 23.9. The second-order valence-electron chi connectivity index (χ2n) is 12.0. The lowest BCUT2D eigenvalue weighted by Crippen LogP contribution is -2.43. The first-order valence-corrected chi connectivity index (χ1v) is 16.7. The number of hydrogen-bond donors (Lipinski definition) is 3. The van der Waals surface area contributed by atoms with Crippen LogP contribution >= 0.6 is 0 Å². The fraction of sp³-hybridized carbons (Fsp3) is 0.405. The Bertz CT molecular complexity index is 1960. The van der Waals surface area contributed by atoms with Crippen LogP contribution in [0.2, 0.25) is 0 Å². The Hall–Kier alpha value is -5.01. The number of nitrogens with two attached hydrogens (primary N) is 1. The Balaban J connectivity index is 0.000000235. The summed E-state index contributed by atoms with van der Waals surface area (Å²) >= 11 is 0. The van der Waals surface area contributed by atoms with Gasteiger partial charge in [0.2, 0.25) is 5.91 Å². The fourth-order valence-electron chi connectivity index (χ4n) is 6.52. The zero-order valence-electron chi connectivity index (χ0n) is 29.1. The summed E-state index contributed by atoms with van der Waals surface area (Å²) in [5.41, 5.74) is 11.3. The SMILES string of the molecule is C=CN=C/C(=C\CC)C(=O)N(CC(N)=O)CC(C)O.CC.Cc1c(F)cc2nc3c(c4c2c1CCC4)Cn1c-3cc2c(c1=O)COC(=O)C2O. The predicted octanol–water partition coefficient (Wildman–Crippen LogP) is 3.71. The van der Waals surface area contributed by atoms with Crippen molar-refractivity contribution in [1.82, 2.24) is 14.5 Å². The molecule has 2 amide bonds. The van der Waals surface area contributed by atoms with Gasteiger partial charge in [0.05, 0.1) is 47.2 Å². The second kappa shape index (κ2) is 16.1. The first-order valence-electron chi connectivity index (χ1n) is 16.7. The van der Waals surface area contributed by atoms with Crippen molar-refractivity contribution in [3.05, 3.63) is 86.1 Å². The Kier molecular flexibility index (Phi) is 12.2. The van der Waals surface area contributed by atoms with Gasteiger partial charge in [0.25, 0.3) is 11.5 Å². The average molecular weight is 690 g/mol. The van der Waals surface area contributed by atoms with E-state index in [2.05, 4.69) is 11.6 Å². The number of aliphatic imine (C=N–C) groups is 1. The molecule has 3 aliphatic rings. The van der Waals surface area contributed by atoms with Crippen LogP contribution in [0.4, 0.5) is 4.39 Å². The Morgan fingerprint density at radius 2 is 1.92 bits per heavy atom. The molecule has 0 fully saturated rings. The number of aliphatic hydroxyl groups is 2. The van der Waals surface area contributed by atoms with Crippen LogP contribution in [0.3, 0.4) is 0 Å². The van der Waals surface area contributed by atoms with Crippen molar-refractivity contribution in [3.63, 3.8) is 0 Å². The summed E-state index contributed by atoms with van der Waals surface area (Å²) in [6, 6.07) is 3.13. The quantitative estimate of drug-likeness (QED) is 0.142. The van der Waals surface area contributed by atoms with Crippen molar-refractivity contribution in [2.24, 2.45) is 10.7 Å². The van der Waals surface area contributed by atoms with Crippen LogP contribution in [0.25, 0.3) is 22.3 Å². The maximum absolute atomic E-state index is 14.5. The number of hydrogen-bond acceptors (Lipinski definition) is 9. The van der Waals surface area contributed by atoms with E-state index in [1.165, 1.54) is 30.3 Å². The third-order valence-electron chi connectivity index (χ3n) is 8.65. The number of aromatic nitrogens is 2. The molecule has 13 heteroatoms. The zero-order valence-corrected chi connectivity index (χ0v) is 29.1. The number of aryl methyl sites for hydroxylation is 2. The van der Waals surface area contributed by atoms with E-state index in [-0.39, 0.29) is 36.6 Å². The molecule has 6 rings (SSSR count). The van der Waals surface area contributed by atoms with Gasteiger partial charge < -0.3 is 30.2 Å². The number of aliphatic hydroxyl groups excluding tert-OH is 2. The van der Waals surface area contributed by atoms with Crippen LogP contribution in [0.1, 0.15) is 80.0 Å². The molecule has 0 radical (unpaired) electrons. The molecule has 1 aromatic carbocycles. The van der Waals surface area contributed by atoms with Gasteiger partial charge in [-0.15, -0.1) is 0 Å². The fourth-order valence-corrected chi connectivity index (χ4v) is 6.52. The summed E-state index contributed by atoms with van der Waals surface area (Å²) in [5.74, 6) is -2.06. The van der Waals surface area contributed by atoms with Crippen LogP contribution < -0.4 is 11.3 Å². The average Bonchev–Trinajstić information content (AvgIpc) is 3.46. The van der Waals surface area contributed by atoms with E-state index in [0.717, 1.165) is 41.3 Å². The van der Waals surface area contributed by atoms with Gasteiger partial charge in [0.15, 0.2) is 6.10 Å². The third kappa shape index (κ3) is 7.43. The van der Waals surface area contributed by atoms with Crippen molar-refractivity contribution >= 4 is 34.9 Å². The molecule has 4 N–H and O–H groups in total. The summed E-state index contributed by atoms with van der Waals surface area (Å²) in [7, 11) is 0. The lowest BCUT2D eigenvalue weighted by atomic mass is 9.85. The molecule has 0 spiro atoms. The van der Waals surface area contributed by atoms with Crippen molar-refractivity contribution < 1.29 is 33.7 Å². The van der Waals surface area contributed by atoms with Crippen LogP contribution in [0, 0.1) is 12.7 Å². The van der Waals surface area contributed by atoms with Gasteiger partial charge in [0, 0.05) is 41.5 Å². The lowest BCUT2D eigenvalue weighted by molar-refractivity contribution is -0.157. The molecule has 4 heterocycles. The maximum Gasteiger partial charge on any atom is 0.340 e. The highest BCUT2D eigenvalue weighted by molar-refractivity contribution is 6.12. The summed E-state index contributed by atoms with van der Waals surface area (Å²) in [5, 5.41) is 20.6. The van der Waals surface area contributed by atoms with Crippen LogP contribution in [-0.4, -0.2) is 67.9 Å². The van der Waals surface area contributed by atoms with Crippen molar-refractivity contribution in [2.45, 2.75) is 85.7 Å². The number of allylic oxidation sites excluding steroid dienone is 1.